The monoisotopic (exact) mass is 647 g/mol. The number of phosphoric ester groups is 1. The maximum atomic E-state index is 13.2. The molecule has 0 spiro atoms. The van der Waals surface area contributed by atoms with Gasteiger partial charge < -0.3 is 29.3 Å². The van der Waals surface area contributed by atoms with Gasteiger partial charge in [-0.1, -0.05) is 74.9 Å². The minimum atomic E-state index is -5.10. The number of hydrogen-bond acceptors (Lipinski definition) is 10. The van der Waals surface area contributed by atoms with Crippen molar-refractivity contribution in [1.29, 1.82) is 0 Å². The van der Waals surface area contributed by atoms with E-state index in [1.807, 2.05) is 13.8 Å². The van der Waals surface area contributed by atoms with Crippen molar-refractivity contribution in [1.82, 2.24) is 0 Å². The number of ether oxygens (including phenoxy) is 3. The van der Waals surface area contributed by atoms with Crippen LogP contribution >= 0.6 is 19.4 Å². The lowest BCUT2D eigenvalue weighted by molar-refractivity contribution is -0.153. The standard InChI is InChI=1S/C30H42ClO11P/c1-6-21-14-15-27(34)40-29(21)20(3)16-19(2)25(41-43(36,37)42-26(18-38-4)30(35)39-5)17-23(32)12-8-7-10-22-11-9-13-24(33)28(22)31/h7-15,19-21,23,25-26,29,32-33H,6,16-18H2,1-5H3,(H,36,37)/b10-7-,12-8-/t19-,20-,21-,23-,25+,26+,29-/m1/s1/i5D3. The first-order chi connectivity index (χ1) is 21.5. The van der Waals surface area contributed by atoms with E-state index in [2.05, 4.69) is 4.74 Å². The number of halogens is 1. The van der Waals surface area contributed by atoms with Crippen molar-refractivity contribution in [2.24, 2.45) is 17.8 Å². The van der Waals surface area contributed by atoms with Crippen LogP contribution in [0.15, 0.2) is 48.6 Å². The highest BCUT2D eigenvalue weighted by Crippen LogP contribution is 2.48. The number of methoxy groups -OCH3 is 2. The minimum Gasteiger partial charge on any atom is -0.506 e. The maximum Gasteiger partial charge on any atom is 0.473 e. The van der Waals surface area contributed by atoms with Crippen molar-refractivity contribution in [3.05, 3.63) is 59.2 Å². The third-order valence-corrected chi connectivity index (χ3v) is 8.45. The van der Waals surface area contributed by atoms with Gasteiger partial charge in [-0.3, -0.25) is 9.05 Å². The van der Waals surface area contributed by atoms with Crippen LogP contribution in [0.3, 0.4) is 0 Å². The maximum absolute atomic E-state index is 13.2. The van der Waals surface area contributed by atoms with Crippen molar-refractivity contribution in [2.75, 3.05) is 20.8 Å². The third-order valence-electron chi connectivity index (χ3n) is 6.98. The van der Waals surface area contributed by atoms with Gasteiger partial charge in [0.2, 0.25) is 0 Å². The average molecular weight is 648 g/mol. The van der Waals surface area contributed by atoms with Crippen LogP contribution in [0.25, 0.3) is 6.08 Å². The van der Waals surface area contributed by atoms with Crippen LogP contribution in [0.5, 0.6) is 5.75 Å². The number of allylic oxidation sites excluding steroid dienone is 2. The summed E-state index contributed by atoms with van der Waals surface area (Å²) in [7, 11) is -7.07. The summed E-state index contributed by atoms with van der Waals surface area (Å²) in [6.45, 7) is 4.94. The summed E-state index contributed by atoms with van der Waals surface area (Å²) in [6, 6.07) is 4.74. The summed E-state index contributed by atoms with van der Waals surface area (Å²) in [5, 5.41) is 20.7. The number of esters is 2. The number of cyclic esters (lactones) is 1. The smallest absolute Gasteiger partial charge is 0.473 e. The normalized spacial score (nSPS) is 23.4. The Morgan fingerprint density at radius 3 is 2.67 bits per heavy atom. The first-order valence-corrected chi connectivity index (χ1v) is 15.6. The van der Waals surface area contributed by atoms with Gasteiger partial charge in [0.05, 0.1) is 35.0 Å². The number of carbonyl (C=O) groups is 2. The van der Waals surface area contributed by atoms with Gasteiger partial charge in [-0.15, -0.1) is 0 Å². The molecule has 2 rings (SSSR count). The van der Waals surface area contributed by atoms with Crippen LogP contribution in [0.4, 0.5) is 0 Å². The summed E-state index contributed by atoms with van der Waals surface area (Å²) < 4.78 is 59.8. The molecule has 43 heavy (non-hydrogen) atoms. The quantitative estimate of drug-likeness (QED) is 0.116. The fraction of sp³-hybridized carbons (Fsp3) is 0.533. The fourth-order valence-electron chi connectivity index (χ4n) is 4.78. The second-order valence-corrected chi connectivity index (χ2v) is 12.1. The first kappa shape index (κ1) is 31.9. The van der Waals surface area contributed by atoms with Gasteiger partial charge in [-0.05, 0) is 36.3 Å². The van der Waals surface area contributed by atoms with Crippen LogP contribution in [0.1, 0.15) is 49.7 Å². The zero-order valence-electron chi connectivity index (χ0n) is 27.5. The van der Waals surface area contributed by atoms with Gasteiger partial charge in [0.25, 0.3) is 0 Å². The van der Waals surface area contributed by atoms with Gasteiger partial charge in [0.15, 0.2) is 6.10 Å². The van der Waals surface area contributed by atoms with Crippen molar-refractivity contribution >= 4 is 37.4 Å². The van der Waals surface area contributed by atoms with Crippen LogP contribution in [0.2, 0.25) is 5.02 Å². The molecule has 13 heteroatoms. The number of rotatable bonds is 17. The molecule has 1 heterocycles. The number of phenols is 1. The lowest BCUT2D eigenvalue weighted by Crippen LogP contribution is -2.37. The van der Waals surface area contributed by atoms with Gasteiger partial charge >= 0.3 is 19.8 Å². The molecule has 240 valence electrons. The Hall–Kier alpha value is -2.50. The zero-order chi connectivity index (χ0) is 34.7. The lowest BCUT2D eigenvalue weighted by atomic mass is 9.81. The SMILES string of the molecule is [2H]C([2H])([2H])OC(=O)[C@H](COC)OP(=O)(O)O[C@@H](C[C@H](O)/C=C\C=C/c1cccc(O)c1Cl)[C@H](C)C[C@@H](C)[C@H]1OC(=O)C=C[C@H]1CC. The number of hydrogen-bond donors (Lipinski definition) is 3. The summed E-state index contributed by atoms with van der Waals surface area (Å²) in [4.78, 5) is 35.0. The van der Waals surface area contributed by atoms with E-state index in [4.69, 9.17) is 34.2 Å². The van der Waals surface area contributed by atoms with Gasteiger partial charge in [0, 0.05) is 25.5 Å². The molecule has 0 radical (unpaired) electrons. The molecule has 3 N–H and O–H groups in total. The molecule has 0 aliphatic carbocycles. The predicted molar refractivity (Wildman–Crippen MR) is 161 cm³/mol. The molecular weight excluding hydrogens is 603 g/mol. The number of aliphatic hydroxyl groups excluding tert-OH is 1. The van der Waals surface area contributed by atoms with Crippen LogP contribution in [-0.2, 0) is 37.4 Å². The summed E-state index contributed by atoms with van der Waals surface area (Å²) in [6.07, 6.45) is 5.44. The molecule has 1 aromatic rings. The third kappa shape index (κ3) is 11.8. The number of aromatic hydroxyl groups is 1. The highest BCUT2D eigenvalue weighted by atomic mass is 35.5. The van der Waals surface area contributed by atoms with Gasteiger partial charge in [0.1, 0.15) is 11.9 Å². The average Bonchev–Trinajstić information content (AvgIpc) is 2.95. The molecule has 1 aliphatic rings. The minimum absolute atomic E-state index is 0.0362. The number of carbonyl (C=O) groups excluding carboxylic acids is 2. The number of aliphatic hydroxyl groups is 1. The molecule has 8 atom stereocenters. The van der Waals surface area contributed by atoms with Crippen molar-refractivity contribution < 1.29 is 56.6 Å². The summed E-state index contributed by atoms with van der Waals surface area (Å²) in [5.74, 6) is -2.80. The van der Waals surface area contributed by atoms with Crippen molar-refractivity contribution in [3.8, 4) is 5.75 Å². The molecule has 0 aromatic heterocycles. The molecule has 1 aliphatic heterocycles. The molecule has 1 aromatic carbocycles. The molecule has 0 saturated heterocycles. The van der Waals surface area contributed by atoms with Crippen LogP contribution in [0, 0.1) is 17.8 Å². The van der Waals surface area contributed by atoms with Crippen molar-refractivity contribution in [2.45, 2.75) is 64.4 Å². The number of benzene rings is 1. The highest BCUT2D eigenvalue weighted by Gasteiger charge is 2.38. The Bertz CT molecular complexity index is 1300. The first-order valence-electron chi connectivity index (χ1n) is 15.3. The van der Waals surface area contributed by atoms with E-state index >= 15 is 0 Å². The van der Waals surface area contributed by atoms with E-state index in [9.17, 15) is 29.3 Å². The van der Waals surface area contributed by atoms with E-state index in [1.165, 1.54) is 24.3 Å². The largest absolute Gasteiger partial charge is 0.506 e. The Labute approximate surface area is 261 Å². The summed E-state index contributed by atoms with van der Waals surface area (Å²) >= 11 is 6.08. The van der Waals surface area contributed by atoms with E-state index in [-0.39, 0.29) is 29.0 Å². The second kappa shape index (κ2) is 17.7. The molecular formula is C30H42ClO11P. The Morgan fingerprint density at radius 1 is 1.26 bits per heavy atom. The van der Waals surface area contributed by atoms with E-state index in [0.29, 0.717) is 18.4 Å². The topological polar surface area (TPSA) is 158 Å². The van der Waals surface area contributed by atoms with Gasteiger partial charge in [-0.2, -0.15) is 0 Å². The Morgan fingerprint density at radius 2 is 2.00 bits per heavy atom. The molecule has 0 amide bonds. The summed E-state index contributed by atoms with van der Waals surface area (Å²) in [5.41, 5.74) is 0.536. The highest BCUT2D eigenvalue weighted by molar-refractivity contribution is 7.47. The fourth-order valence-corrected chi connectivity index (χ4v) is 6.12. The Balaban J connectivity index is 2.26. The van der Waals surface area contributed by atoms with E-state index < -0.39 is 63.7 Å². The second-order valence-electron chi connectivity index (χ2n) is 10.3. The molecule has 1 unspecified atom stereocenters. The molecule has 11 nitrogen and oxygen atoms in total. The zero-order valence-corrected chi connectivity index (χ0v) is 26.1. The molecule has 0 saturated carbocycles. The molecule has 0 bridgehead atoms. The van der Waals surface area contributed by atoms with E-state index in [1.54, 1.807) is 37.3 Å². The van der Waals surface area contributed by atoms with Crippen LogP contribution < -0.4 is 0 Å². The van der Waals surface area contributed by atoms with E-state index in [0.717, 1.165) is 7.11 Å². The number of phenolic OH excluding ortho intramolecular Hbond substituents is 1. The molecule has 0 fully saturated rings. The number of phosphoric acid groups is 1. The van der Waals surface area contributed by atoms with Crippen LogP contribution in [-0.4, -0.2) is 72.2 Å². The Kier molecular flexibility index (Phi) is 13.1. The van der Waals surface area contributed by atoms with Crippen molar-refractivity contribution in [3.63, 3.8) is 0 Å². The van der Waals surface area contributed by atoms with Gasteiger partial charge in [-0.25, -0.2) is 14.2 Å². The lowest BCUT2D eigenvalue weighted by Gasteiger charge is -2.35. The predicted octanol–water partition coefficient (Wildman–Crippen LogP) is 5.23.